The fourth-order valence-corrected chi connectivity index (χ4v) is 4.44. The predicted molar refractivity (Wildman–Crippen MR) is 123 cm³/mol. The van der Waals surface area contributed by atoms with E-state index in [-0.39, 0.29) is 10.6 Å². The van der Waals surface area contributed by atoms with Gasteiger partial charge in [0.05, 0.1) is 10.6 Å². The predicted octanol–water partition coefficient (Wildman–Crippen LogP) is 4.82. The minimum absolute atomic E-state index is 0.0807. The summed E-state index contributed by atoms with van der Waals surface area (Å²) in [5.41, 5.74) is 2.66. The van der Waals surface area contributed by atoms with Crippen LogP contribution in [0.1, 0.15) is 16.7 Å². The lowest BCUT2D eigenvalue weighted by atomic mass is 10.1. The lowest BCUT2D eigenvalue weighted by Crippen LogP contribution is -2.21. The van der Waals surface area contributed by atoms with Crippen molar-refractivity contribution in [1.29, 1.82) is 0 Å². The normalized spacial score (nSPS) is 11.4. The van der Waals surface area contributed by atoms with Crippen LogP contribution in [0.3, 0.4) is 0 Å². The third-order valence-corrected chi connectivity index (χ3v) is 6.50. The molecule has 0 bridgehead atoms. The Kier molecular flexibility index (Phi) is 5.52. The summed E-state index contributed by atoms with van der Waals surface area (Å²) in [6.45, 7) is 4.15. The number of para-hydroxylation sites is 1. The Balaban J connectivity index is 1.80. The van der Waals surface area contributed by atoms with E-state index >= 15 is 0 Å². The van der Waals surface area contributed by atoms with Gasteiger partial charge < -0.3 is 9.73 Å². The number of aryl methyl sites for hydroxylation is 2. The third-order valence-electron chi connectivity index (χ3n) is 5.15. The molecule has 0 radical (unpaired) electrons. The molecule has 1 aromatic heterocycles. The van der Waals surface area contributed by atoms with Crippen molar-refractivity contribution in [3.63, 3.8) is 0 Å². The Morgan fingerprint density at radius 2 is 1.55 bits per heavy atom. The van der Waals surface area contributed by atoms with Crippen LogP contribution in [0.5, 0.6) is 0 Å². The van der Waals surface area contributed by atoms with Crippen LogP contribution < -0.4 is 15.7 Å². The van der Waals surface area contributed by atoms with Crippen LogP contribution in [0.4, 0.5) is 11.4 Å². The Bertz CT molecular complexity index is 1410. The summed E-state index contributed by atoms with van der Waals surface area (Å²) in [7, 11) is -4.00. The van der Waals surface area contributed by atoms with E-state index in [1.54, 1.807) is 36.4 Å². The van der Waals surface area contributed by atoms with Crippen molar-refractivity contribution in [3.8, 4) is 0 Å². The summed E-state index contributed by atoms with van der Waals surface area (Å²) < 4.78 is 34.0. The first-order valence-corrected chi connectivity index (χ1v) is 11.3. The molecule has 0 aliphatic heterocycles. The van der Waals surface area contributed by atoms with Crippen molar-refractivity contribution in [1.82, 2.24) is 0 Å². The van der Waals surface area contributed by atoms with Crippen molar-refractivity contribution in [2.75, 3.05) is 10.0 Å². The fraction of sp³-hybridized carbons (Fsp3) is 0.125. The molecule has 158 valence electrons. The topological polar surface area (TPSA) is 88.4 Å². The van der Waals surface area contributed by atoms with E-state index in [1.807, 2.05) is 44.2 Å². The summed E-state index contributed by atoms with van der Waals surface area (Å²) in [6, 6.07) is 21.5. The maximum absolute atomic E-state index is 13.1. The van der Waals surface area contributed by atoms with E-state index < -0.39 is 15.6 Å². The van der Waals surface area contributed by atoms with Crippen molar-refractivity contribution >= 4 is 32.4 Å². The van der Waals surface area contributed by atoms with Gasteiger partial charge in [-0.25, -0.2) is 13.2 Å². The highest BCUT2D eigenvalue weighted by atomic mass is 32.2. The van der Waals surface area contributed by atoms with Crippen LogP contribution in [-0.4, -0.2) is 8.42 Å². The molecule has 0 aliphatic rings. The molecule has 4 rings (SSSR count). The van der Waals surface area contributed by atoms with Crippen molar-refractivity contribution in [3.05, 3.63) is 99.9 Å². The maximum Gasteiger partial charge on any atom is 0.363 e. The molecule has 0 atom stereocenters. The molecule has 0 amide bonds. The minimum atomic E-state index is -4.00. The summed E-state index contributed by atoms with van der Waals surface area (Å²) in [5, 5.41) is 3.83. The quantitative estimate of drug-likeness (QED) is 0.425. The molecule has 3 aromatic carbocycles. The van der Waals surface area contributed by atoms with Gasteiger partial charge in [0, 0.05) is 11.9 Å². The van der Waals surface area contributed by atoms with Gasteiger partial charge in [-0.3, -0.25) is 4.72 Å². The van der Waals surface area contributed by atoms with Crippen molar-refractivity contribution < 1.29 is 12.8 Å². The summed E-state index contributed by atoms with van der Waals surface area (Å²) in [5.74, 6) is 0. The highest BCUT2D eigenvalue weighted by Crippen LogP contribution is 2.30. The molecule has 0 spiro atoms. The van der Waals surface area contributed by atoms with Crippen LogP contribution in [-0.2, 0) is 16.6 Å². The summed E-state index contributed by atoms with van der Waals surface area (Å²) >= 11 is 0. The molecule has 0 unspecified atom stereocenters. The van der Waals surface area contributed by atoms with Gasteiger partial charge in [-0.05, 0) is 54.8 Å². The molecule has 1 heterocycles. The van der Waals surface area contributed by atoms with Gasteiger partial charge in [-0.15, -0.1) is 0 Å². The Morgan fingerprint density at radius 3 is 2.29 bits per heavy atom. The SMILES string of the molecule is Cc1ccc(S(=O)(=O)Nc2c(NCc3ccccc3)c3ccccc3oc2=O)cc1C. The van der Waals surface area contributed by atoms with Gasteiger partial charge >= 0.3 is 5.63 Å². The largest absolute Gasteiger partial charge is 0.421 e. The van der Waals surface area contributed by atoms with E-state index in [4.69, 9.17) is 4.42 Å². The summed E-state index contributed by atoms with van der Waals surface area (Å²) in [6.07, 6.45) is 0. The molecular formula is C24H22N2O4S. The zero-order chi connectivity index (χ0) is 22.0. The third kappa shape index (κ3) is 4.32. The molecular weight excluding hydrogens is 412 g/mol. The average molecular weight is 435 g/mol. The molecule has 0 aliphatic carbocycles. The van der Waals surface area contributed by atoms with E-state index in [0.29, 0.717) is 23.2 Å². The number of anilines is 2. The zero-order valence-corrected chi connectivity index (χ0v) is 18.0. The molecule has 0 saturated carbocycles. The second-order valence-electron chi connectivity index (χ2n) is 7.33. The smallest absolute Gasteiger partial charge is 0.363 e. The average Bonchev–Trinajstić information content (AvgIpc) is 2.76. The summed E-state index contributed by atoms with van der Waals surface area (Å²) in [4.78, 5) is 12.8. The van der Waals surface area contributed by atoms with Crippen LogP contribution in [0, 0.1) is 13.8 Å². The second kappa shape index (κ2) is 8.28. The monoisotopic (exact) mass is 434 g/mol. The number of hydrogen-bond acceptors (Lipinski definition) is 5. The second-order valence-corrected chi connectivity index (χ2v) is 9.01. The Hall–Kier alpha value is -3.58. The number of fused-ring (bicyclic) bond motifs is 1. The maximum atomic E-state index is 13.1. The number of hydrogen-bond donors (Lipinski definition) is 2. The van der Waals surface area contributed by atoms with E-state index in [1.165, 1.54) is 6.07 Å². The standard InChI is InChI=1S/C24H22N2O4S/c1-16-12-13-19(14-17(16)2)31(28,29)26-23-22(25-15-18-8-4-3-5-9-18)20-10-6-7-11-21(20)30-24(23)27/h3-14,25-26H,15H2,1-2H3. The number of sulfonamides is 1. The van der Waals surface area contributed by atoms with Gasteiger partial charge in [0.15, 0.2) is 5.69 Å². The van der Waals surface area contributed by atoms with Gasteiger partial charge in [0.1, 0.15) is 5.58 Å². The molecule has 4 aromatic rings. The van der Waals surface area contributed by atoms with Crippen molar-refractivity contribution in [2.24, 2.45) is 0 Å². The molecule has 2 N–H and O–H groups in total. The molecule has 0 fully saturated rings. The van der Waals surface area contributed by atoms with Crippen LogP contribution in [0.2, 0.25) is 0 Å². The first-order valence-electron chi connectivity index (χ1n) is 9.79. The van der Waals surface area contributed by atoms with Crippen LogP contribution in [0.25, 0.3) is 11.0 Å². The first kappa shape index (κ1) is 20.7. The van der Waals surface area contributed by atoms with Crippen LogP contribution in [0.15, 0.2) is 86.9 Å². The molecule has 7 heteroatoms. The fourth-order valence-electron chi connectivity index (χ4n) is 3.29. The number of benzene rings is 3. The number of nitrogens with one attached hydrogen (secondary N) is 2. The number of rotatable bonds is 6. The van der Waals surface area contributed by atoms with E-state index in [2.05, 4.69) is 10.0 Å². The lowest BCUT2D eigenvalue weighted by molar-refractivity contribution is 0.563. The van der Waals surface area contributed by atoms with Gasteiger partial charge in [-0.2, -0.15) is 0 Å². The Morgan fingerprint density at radius 1 is 0.839 bits per heavy atom. The van der Waals surface area contributed by atoms with Crippen molar-refractivity contribution in [2.45, 2.75) is 25.3 Å². The molecule has 6 nitrogen and oxygen atoms in total. The van der Waals surface area contributed by atoms with Gasteiger partial charge in [0.25, 0.3) is 10.0 Å². The Labute approximate surface area is 180 Å². The zero-order valence-electron chi connectivity index (χ0n) is 17.2. The lowest BCUT2D eigenvalue weighted by Gasteiger charge is -2.16. The van der Waals surface area contributed by atoms with E-state index in [0.717, 1.165) is 16.7 Å². The molecule has 31 heavy (non-hydrogen) atoms. The van der Waals surface area contributed by atoms with E-state index in [9.17, 15) is 13.2 Å². The minimum Gasteiger partial charge on any atom is -0.421 e. The highest BCUT2D eigenvalue weighted by Gasteiger charge is 2.22. The molecule has 0 saturated heterocycles. The van der Waals surface area contributed by atoms with Crippen LogP contribution >= 0.6 is 0 Å². The van der Waals surface area contributed by atoms with Gasteiger partial charge in [0.2, 0.25) is 0 Å². The van der Waals surface area contributed by atoms with Gasteiger partial charge in [-0.1, -0.05) is 48.5 Å². The highest BCUT2D eigenvalue weighted by molar-refractivity contribution is 7.92. The first-order chi connectivity index (χ1) is 14.8.